The van der Waals surface area contributed by atoms with Gasteiger partial charge >= 0.3 is 0 Å². The van der Waals surface area contributed by atoms with E-state index in [0.717, 1.165) is 45.0 Å². The molecule has 0 bridgehead atoms. The van der Waals surface area contributed by atoms with Crippen molar-refractivity contribution in [3.63, 3.8) is 0 Å². The number of rotatable bonds is 4. The Balaban J connectivity index is 1.74. The van der Waals surface area contributed by atoms with Gasteiger partial charge in [-0.2, -0.15) is 0 Å². The van der Waals surface area contributed by atoms with Crippen molar-refractivity contribution in [2.24, 2.45) is 5.73 Å². The highest BCUT2D eigenvalue weighted by Gasteiger charge is 2.13. The Labute approximate surface area is 96.0 Å². The molecule has 2 heterocycles. The average Bonchev–Trinajstić information content (AvgIpc) is 2.76. The summed E-state index contributed by atoms with van der Waals surface area (Å²) < 4.78 is 1.88. The Morgan fingerprint density at radius 2 is 2.00 bits per heavy atom. The van der Waals surface area contributed by atoms with Crippen LogP contribution in [0.4, 0.5) is 0 Å². The summed E-state index contributed by atoms with van der Waals surface area (Å²) >= 11 is 0. The van der Waals surface area contributed by atoms with Crippen LogP contribution < -0.4 is 5.73 Å². The Morgan fingerprint density at radius 3 is 2.62 bits per heavy atom. The molecule has 2 N–H and O–H groups in total. The van der Waals surface area contributed by atoms with Gasteiger partial charge in [0.2, 0.25) is 0 Å². The Kier molecular flexibility index (Phi) is 3.87. The third-order valence-electron chi connectivity index (χ3n) is 3.04. The zero-order chi connectivity index (χ0) is 11.4. The number of hydrogen-bond acceptors (Lipinski definition) is 5. The maximum Gasteiger partial charge on any atom is 0.0962 e. The fraction of sp³-hybridized carbons (Fsp3) is 0.800. The van der Waals surface area contributed by atoms with Crippen molar-refractivity contribution in [3.8, 4) is 0 Å². The van der Waals surface area contributed by atoms with E-state index in [1.165, 1.54) is 0 Å². The van der Waals surface area contributed by atoms with Gasteiger partial charge < -0.3 is 10.6 Å². The molecule has 0 spiro atoms. The van der Waals surface area contributed by atoms with Crippen LogP contribution in [-0.4, -0.2) is 64.6 Å². The molecule has 6 heteroatoms. The van der Waals surface area contributed by atoms with E-state index in [1.807, 2.05) is 10.9 Å². The van der Waals surface area contributed by atoms with Crippen molar-refractivity contribution in [3.05, 3.63) is 11.9 Å². The van der Waals surface area contributed by atoms with Crippen LogP contribution in [0.3, 0.4) is 0 Å². The molecule has 0 aromatic carbocycles. The highest BCUT2D eigenvalue weighted by molar-refractivity contribution is 4.90. The Hall–Kier alpha value is -0.980. The Morgan fingerprint density at radius 1 is 1.25 bits per heavy atom. The molecule has 1 aromatic rings. The minimum atomic E-state index is 0.467. The van der Waals surface area contributed by atoms with E-state index < -0.39 is 0 Å². The molecule has 6 nitrogen and oxygen atoms in total. The van der Waals surface area contributed by atoms with Crippen molar-refractivity contribution in [2.45, 2.75) is 13.1 Å². The lowest BCUT2D eigenvalue weighted by atomic mass is 10.3. The second-order valence-electron chi connectivity index (χ2n) is 4.32. The number of nitrogens with zero attached hydrogens (tertiary/aromatic N) is 5. The molecular weight excluding hydrogens is 204 g/mol. The van der Waals surface area contributed by atoms with Gasteiger partial charge in [-0.05, 0) is 7.05 Å². The first-order valence-electron chi connectivity index (χ1n) is 5.78. The minimum absolute atomic E-state index is 0.467. The third-order valence-corrected chi connectivity index (χ3v) is 3.04. The molecule has 1 fully saturated rings. The van der Waals surface area contributed by atoms with Gasteiger partial charge in [0.25, 0.3) is 0 Å². The molecule has 90 valence electrons. The second kappa shape index (κ2) is 5.38. The fourth-order valence-corrected chi connectivity index (χ4v) is 1.86. The molecule has 0 amide bonds. The zero-order valence-electron chi connectivity index (χ0n) is 9.84. The van der Waals surface area contributed by atoms with Gasteiger partial charge in [0.05, 0.1) is 12.2 Å². The average molecular weight is 224 g/mol. The van der Waals surface area contributed by atoms with Crippen LogP contribution in [0.15, 0.2) is 6.20 Å². The first-order valence-corrected chi connectivity index (χ1v) is 5.78. The summed E-state index contributed by atoms with van der Waals surface area (Å²) in [5, 5.41) is 8.01. The maximum atomic E-state index is 5.49. The first kappa shape index (κ1) is 11.5. The van der Waals surface area contributed by atoms with Crippen LogP contribution in [0, 0.1) is 0 Å². The number of piperazine rings is 1. The van der Waals surface area contributed by atoms with Gasteiger partial charge in [0, 0.05) is 45.5 Å². The van der Waals surface area contributed by atoms with Crippen LogP contribution in [0.5, 0.6) is 0 Å². The van der Waals surface area contributed by atoms with Crippen LogP contribution in [0.1, 0.15) is 5.69 Å². The van der Waals surface area contributed by atoms with Crippen molar-refractivity contribution < 1.29 is 0 Å². The molecular formula is C10H20N6. The van der Waals surface area contributed by atoms with Crippen LogP contribution in [0.25, 0.3) is 0 Å². The van der Waals surface area contributed by atoms with Gasteiger partial charge in [-0.25, -0.2) is 0 Å². The molecule has 1 aliphatic heterocycles. The second-order valence-corrected chi connectivity index (χ2v) is 4.32. The van der Waals surface area contributed by atoms with Gasteiger partial charge in [-0.15, -0.1) is 5.10 Å². The number of nitrogens with two attached hydrogens (primary N) is 1. The lowest BCUT2D eigenvalue weighted by Crippen LogP contribution is -2.45. The predicted octanol–water partition coefficient (Wildman–Crippen LogP) is -1.02. The lowest BCUT2D eigenvalue weighted by Gasteiger charge is -2.32. The van der Waals surface area contributed by atoms with E-state index in [2.05, 4.69) is 27.2 Å². The minimum Gasteiger partial charge on any atom is -0.325 e. The molecule has 0 saturated carbocycles. The molecule has 1 aromatic heterocycles. The molecule has 2 rings (SSSR count). The van der Waals surface area contributed by atoms with Gasteiger partial charge in [0.15, 0.2) is 0 Å². The van der Waals surface area contributed by atoms with E-state index in [0.29, 0.717) is 6.54 Å². The largest absolute Gasteiger partial charge is 0.325 e. The topological polar surface area (TPSA) is 63.2 Å². The fourth-order valence-electron chi connectivity index (χ4n) is 1.86. The quantitative estimate of drug-likeness (QED) is 0.709. The standard InChI is InChI=1S/C10H20N6/c1-14-2-4-15(5-3-14)6-7-16-9-10(8-11)12-13-16/h9H,2-8,11H2,1H3. The van der Waals surface area contributed by atoms with Gasteiger partial charge in [-0.3, -0.25) is 9.58 Å². The summed E-state index contributed by atoms with van der Waals surface area (Å²) in [6, 6.07) is 0. The van der Waals surface area contributed by atoms with E-state index in [9.17, 15) is 0 Å². The monoisotopic (exact) mass is 224 g/mol. The molecule has 0 radical (unpaired) electrons. The molecule has 0 aliphatic carbocycles. The van der Waals surface area contributed by atoms with E-state index in [1.54, 1.807) is 0 Å². The first-order chi connectivity index (χ1) is 7.78. The number of aromatic nitrogens is 3. The summed E-state index contributed by atoms with van der Waals surface area (Å²) in [5.41, 5.74) is 6.35. The maximum absolute atomic E-state index is 5.49. The van der Waals surface area contributed by atoms with Crippen molar-refractivity contribution in [1.82, 2.24) is 24.8 Å². The van der Waals surface area contributed by atoms with E-state index in [-0.39, 0.29) is 0 Å². The van der Waals surface area contributed by atoms with Gasteiger partial charge in [-0.1, -0.05) is 5.21 Å². The smallest absolute Gasteiger partial charge is 0.0962 e. The molecule has 1 aliphatic rings. The normalized spacial score (nSPS) is 19.1. The highest BCUT2D eigenvalue weighted by Crippen LogP contribution is 1.99. The third kappa shape index (κ3) is 3.01. The lowest BCUT2D eigenvalue weighted by molar-refractivity contribution is 0.148. The van der Waals surface area contributed by atoms with E-state index in [4.69, 9.17) is 5.73 Å². The predicted molar refractivity (Wildman–Crippen MR) is 61.9 cm³/mol. The van der Waals surface area contributed by atoms with Crippen molar-refractivity contribution in [2.75, 3.05) is 39.8 Å². The van der Waals surface area contributed by atoms with Crippen molar-refractivity contribution >= 4 is 0 Å². The number of likely N-dealkylation sites (N-methyl/N-ethyl adjacent to an activating group) is 1. The summed E-state index contributed by atoms with van der Waals surface area (Å²) in [6.07, 6.45) is 1.93. The molecule has 16 heavy (non-hydrogen) atoms. The molecule has 1 saturated heterocycles. The molecule has 0 unspecified atom stereocenters. The zero-order valence-corrected chi connectivity index (χ0v) is 9.84. The number of hydrogen-bond donors (Lipinski definition) is 1. The van der Waals surface area contributed by atoms with Crippen LogP contribution in [0.2, 0.25) is 0 Å². The summed E-state index contributed by atoms with van der Waals surface area (Å²) in [5.74, 6) is 0. The highest BCUT2D eigenvalue weighted by atomic mass is 15.4. The summed E-state index contributed by atoms with van der Waals surface area (Å²) in [4.78, 5) is 4.82. The van der Waals surface area contributed by atoms with Crippen LogP contribution in [-0.2, 0) is 13.1 Å². The Bertz CT molecular complexity index is 315. The van der Waals surface area contributed by atoms with E-state index >= 15 is 0 Å². The summed E-state index contributed by atoms with van der Waals surface area (Å²) in [6.45, 7) is 7.02. The SMILES string of the molecule is CN1CCN(CCn2cc(CN)nn2)CC1. The van der Waals surface area contributed by atoms with Crippen molar-refractivity contribution in [1.29, 1.82) is 0 Å². The molecule has 0 atom stereocenters. The van der Waals surface area contributed by atoms with Gasteiger partial charge in [0.1, 0.15) is 0 Å². The van der Waals surface area contributed by atoms with Crippen LogP contribution >= 0.6 is 0 Å². The summed E-state index contributed by atoms with van der Waals surface area (Å²) in [7, 11) is 2.17.